The number of methoxy groups -OCH3 is 1. The number of amides is 3. The van der Waals surface area contributed by atoms with Gasteiger partial charge in [-0.25, -0.2) is 19.3 Å². The van der Waals surface area contributed by atoms with Gasteiger partial charge in [-0.3, -0.25) is 0 Å². The van der Waals surface area contributed by atoms with Crippen LogP contribution in [-0.4, -0.2) is 76.7 Å². The molecule has 1 heterocycles. The van der Waals surface area contributed by atoms with Crippen LogP contribution in [0.2, 0.25) is 0 Å². The highest BCUT2D eigenvalue weighted by Crippen LogP contribution is 2.24. The minimum Gasteiger partial charge on any atom is -0.465 e. The lowest BCUT2D eigenvalue weighted by atomic mass is 10.0. The van der Waals surface area contributed by atoms with Crippen LogP contribution < -0.4 is 0 Å². The molecule has 0 spiro atoms. The fourth-order valence-corrected chi connectivity index (χ4v) is 2.57. The van der Waals surface area contributed by atoms with E-state index in [1.165, 1.54) is 7.11 Å². The van der Waals surface area contributed by atoms with Crippen LogP contribution in [0.15, 0.2) is 0 Å². The standard InChI is InChI=1S/C17H30N2O7/c1-16(2,3)25-14(22)19(15(23)26-17(4,5)6)11-10-18(13(20)21)9-8-12(11)24-7/h11-12H,8-10H2,1-7H3,(H,20,21). The maximum absolute atomic E-state index is 12.7. The van der Waals surface area contributed by atoms with E-state index in [0.717, 1.165) is 9.80 Å². The molecule has 2 unspecified atom stereocenters. The van der Waals surface area contributed by atoms with Gasteiger partial charge in [0.15, 0.2) is 0 Å². The first kappa shape index (κ1) is 22.0. The summed E-state index contributed by atoms with van der Waals surface area (Å²) >= 11 is 0. The van der Waals surface area contributed by atoms with Gasteiger partial charge in [0, 0.05) is 20.2 Å². The number of hydrogen-bond acceptors (Lipinski definition) is 6. The Bertz CT molecular complexity index is 508. The predicted octanol–water partition coefficient (Wildman–Crippen LogP) is 2.93. The van der Waals surface area contributed by atoms with Gasteiger partial charge >= 0.3 is 18.3 Å². The topological polar surface area (TPSA) is 106 Å². The summed E-state index contributed by atoms with van der Waals surface area (Å²) in [6, 6.07) is -0.852. The summed E-state index contributed by atoms with van der Waals surface area (Å²) in [6.07, 6.45) is -3.10. The molecule has 1 aliphatic heterocycles. The Morgan fingerprint density at radius 1 is 1.00 bits per heavy atom. The van der Waals surface area contributed by atoms with Gasteiger partial charge < -0.3 is 24.2 Å². The van der Waals surface area contributed by atoms with Crippen molar-refractivity contribution in [2.24, 2.45) is 0 Å². The molecule has 26 heavy (non-hydrogen) atoms. The molecular formula is C17H30N2O7. The number of carboxylic acid groups (broad SMARTS) is 1. The average molecular weight is 374 g/mol. The minimum atomic E-state index is -1.13. The van der Waals surface area contributed by atoms with Crippen LogP contribution in [0.1, 0.15) is 48.0 Å². The van der Waals surface area contributed by atoms with E-state index in [0.29, 0.717) is 6.42 Å². The van der Waals surface area contributed by atoms with E-state index in [-0.39, 0.29) is 13.1 Å². The van der Waals surface area contributed by atoms with Gasteiger partial charge in [0.2, 0.25) is 0 Å². The Morgan fingerprint density at radius 3 is 1.81 bits per heavy atom. The third kappa shape index (κ3) is 6.36. The van der Waals surface area contributed by atoms with Gasteiger partial charge in [-0.2, -0.15) is 0 Å². The van der Waals surface area contributed by atoms with Crippen LogP contribution in [-0.2, 0) is 14.2 Å². The van der Waals surface area contributed by atoms with E-state index in [2.05, 4.69) is 0 Å². The Kier molecular flexibility index (Phi) is 6.87. The fourth-order valence-electron chi connectivity index (χ4n) is 2.57. The van der Waals surface area contributed by atoms with Crippen LogP contribution in [0.5, 0.6) is 0 Å². The summed E-state index contributed by atoms with van der Waals surface area (Å²) < 4.78 is 16.1. The lowest BCUT2D eigenvalue weighted by Gasteiger charge is -2.41. The quantitative estimate of drug-likeness (QED) is 0.792. The molecule has 0 saturated carbocycles. The van der Waals surface area contributed by atoms with Crippen molar-refractivity contribution in [2.75, 3.05) is 20.2 Å². The molecule has 1 rings (SSSR count). The van der Waals surface area contributed by atoms with Gasteiger partial charge in [-0.15, -0.1) is 0 Å². The molecule has 9 heteroatoms. The Morgan fingerprint density at radius 2 is 1.46 bits per heavy atom. The molecule has 3 amide bonds. The smallest absolute Gasteiger partial charge is 0.420 e. The molecule has 0 aromatic heterocycles. The normalized spacial score (nSPS) is 21.1. The number of piperidine rings is 1. The van der Waals surface area contributed by atoms with Crippen molar-refractivity contribution in [3.05, 3.63) is 0 Å². The lowest BCUT2D eigenvalue weighted by Crippen LogP contribution is -2.61. The fraction of sp³-hybridized carbons (Fsp3) is 0.824. The molecule has 0 aliphatic carbocycles. The van der Waals surface area contributed by atoms with Crippen LogP contribution in [0.3, 0.4) is 0 Å². The molecule has 1 fully saturated rings. The second-order valence-electron chi connectivity index (χ2n) is 8.19. The van der Waals surface area contributed by atoms with Gasteiger partial charge in [0.1, 0.15) is 11.2 Å². The third-order valence-corrected chi connectivity index (χ3v) is 3.61. The summed E-state index contributed by atoms with van der Waals surface area (Å²) in [5.41, 5.74) is -1.66. The summed E-state index contributed by atoms with van der Waals surface area (Å²) in [7, 11) is 1.45. The Hall–Kier alpha value is -2.03. The zero-order valence-electron chi connectivity index (χ0n) is 16.6. The second kappa shape index (κ2) is 8.11. The summed E-state index contributed by atoms with van der Waals surface area (Å²) in [5.74, 6) is 0. The summed E-state index contributed by atoms with van der Waals surface area (Å²) in [5, 5.41) is 9.28. The lowest BCUT2D eigenvalue weighted by molar-refractivity contribution is -0.0517. The van der Waals surface area contributed by atoms with E-state index >= 15 is 0 Å². The minimum absolute atomic E-state index is 0.0771. The van der Waals surface area contributed by atoms with Gasteiger partial charge in [0.25, 0.3) is 0 Å². The maximum atomic E-state index is 12.7. The number of nitrogens with zero attached hydrogens (tertiary/aromatic N) is 2. The Labute approximate surface area is 154 Å². The number of ether oxygens (including phenoxy) is 3. The maximum Gasteiger partial charge on any atom is 0.420 e. The summed E-state index contributed by atoms with van der Waals surface area (Å²) in [6.45, 7) is 10.2. The molecule has 0 bridgehead atoms. The number of hydrogen-bond donors (Lipinski definition) is 1. The third-order valence-electron chi connectivity index (χ3n) is 3.61. The average Bonchev–Trinajstić information content (AvgIpc) is 2.43. The Balaban J connectivity index is 3.20. The number of imide groups is 1. The van der Waals surface area contributed by atoms with E-state index in [1.807, 2.05) is 0 Å². The number of carbonyl (C=O) groups is 3. The molecule has 2 atom stereocenters. The highest BCUT2D eigenvalue weighted by molar-refractivity contribution is 5.89. The van der Waals surface area contributed by atoms with Crippen molar-refractivity contribution < 1.29 is 33.7 Å². The zero-order chi connectivity index (χ0) is 20.3. The first-order valence-corrected chi connectivity index (χ1v) is 8.51. The van der Waals surface area contributed by atoms with Crippen molar-refractivity contribution in [1.82, 2.24) is 9.80 Å². The largest absolute Gasteiger partial charge is 0.465 e. The van der Waals surface area contributed by atoms with Crippen molar-refractivity contribution in [3.63, 3.8) is 0 Å². The predicted molar refractivity (Wildman–Crippen MR) is 93.1 cm³/mol. The first-order valence-electron chi connectivity index (χ1n) is 8.51. The zero-order valence-corrected chi connectivity index (χ0v) is 16.6. The van der Waals surface area contributed by atoms with Crippen molar-refractivity contribution in [3.8, 4) is 0 Å². The van der Waals surface area contributed by atoms with Crippen molar-refractivity contribution in [1.29, 1.82) is 0 Å². The van der Waals surface area contributed by atoms with Crippen molar-refractivity contribution >= 4 is 18.3 Å². The van der Waals surface area contributed by atoms with E-state index < -0.39 is 41.6 Å². The molecule has 0 aromatic rings. The molecule has 1 aliphatic rings. The SMILES string of the molecule is COC1CCN(C(=O)O)CC1N(C(=O)OC(C)(C)C)C(=O)OC(C)(C)C. The van der Waals surface area contributed by atoms with E-state index in [4.69, 9.17) is 14.2 Å². The van der Waals surface area contributed by atoms with Gasteiger partial charge in [-0.1, -0.05) is 0 Å². The number of rotatable bonds is 2. The highest BCUT2D eigenvalue weighted by atomic mass is 16.6. The molecular weight excluding hydrogens is 344 g/mol. The van der Waals surface area contributed by atoms with Crippen LogP contribution >= 0.6 is 0 Å². The van der Waals surface area contributed by atoms with Gasteiger partial charge in [-0.05, 0) is 48.0 Å². The van der Waals surface area contributed by atoms with E-state index in [9.17, 15) is 19.5 Å². The molecule has 1 saturated heterocycles. The molecule has 1 N–H and O–H groups in total. The molecule has 0 radical (unpaired) electrons. The molecule has 9 nitrogen and oxygen atoms in total. The number of likely N-dealkylation sites (tertiary alicyclic amines) is 1. The van der Waals surface area contributed by atoms with E-state index in [1.54, 1.807) is 41.5 Å². The first-order chi connectivity index (χ1) is 11.7. The van der Waals surface area contributed by atoms with Crippen LogP contribution in [0.25, 0.3) is 0 Å². The monoisotopic (exact) mass is 374 g/mol. The molecule has 0 aromatic carbocycles. The second-order valence-corrected chi connectivity index (χ2v) is 8.19. The molecule has 150 valence electrons. The summed E-state index contributed by atoms with van der Waals surface area (Å²) in [4.78, 5) is 38.7. The van der Waals surface area contributed by atoms with Crippen molar-refractivity contribution in [2.45, 2.75) is 71.3 Å². The highest BCUT2D eigenvalue weighted by Gasteiger charge is 2.44. The van der Waals surface area contributed by atoms with Crippen LogP contribution in [0, 0.1) is 0 Å². The van der Waals surface area contributed by atoms with Crippen LogP contribution in [0.4, 0.5) is 14.4 Å². The van der Waals surface area contributed by atoms with Gasteiger partial charge in [0.05, 0.1) is 12.1 Å². The number of carbonyl (C=O) groups excluding carboxylic acids is 2.